The molecule has 1 aliphatic rings. The van der Waals surface area contributed by atoms with E-state index in [9.17, 15) is 27.8 Å². The average molecular weight is 480 g/mol. The first kappa shape index (κ1) is 22.9. The highest BCUT2D eigenvalue weighted by Crippen LogP contribution is 2.38. The van der Waals surface area contributed by atoms with Crippen LogP contribution in [0.2, 0.25) is 0 Å². The number of nitrogens with one attached hydrogen (secondary N) is 1. The van der Waals surface area contributed by atoms with Gasteiger partial charge in [-0.05, 0) is 31.0 Å². The van der Waals surface area contributed by atoms with Crippen LogP contribution in [0.4, 0.5) is 29.1 Å². The number of rotatable bonds is 4. The van der Waals surface area contributed by atoms with Crippen molar-refractivity contribution in [3.05, 3.63) is 56.7 Å². The summed E-state index contributed by atoms with van der Waals surface area (Å²) in [7, 11) is 0. The molecule has 158 valence electrons. The molecule has 0 atom stereocenters. The van der Waals surface area contributed by atoms with Crippen LogP contribution in [0.1, 0.15) is 37.7 Å². The minimum absolute atomic E-state index is 0.0376. The van der Waals surface area contributed by atoms with Gasteiger partial charge in [0.15, 0.2) is 0 Å². The zero-order valence-electron chi connectivity index (χ0n) is 15.1. The molecular weight excluding hydrogens is 462 g/mol. The molecule has 1 aromatic heterocycles. The Morgan fingerprint density at radius 3 is 2.38 bits per heavy atom. The molecule has 1 aliphatic carbocycles. The van der Waals surface area contributed by atoms with E-state index in [2.05, 4.69) is 31.2 Å². The van der Waals surface area contributed by atoms with Crippen LogP contribution in [-0.4, -0.2) is 15.9 Å². The zero-order chi connectivity index (χ0) is 21.4. The number of hydrogen-bond acceptors (Lipinski definition) is 5. The van der Waals surface area contributed by atoms with E-state index in [0.717, 1.165) is 48.7 Å². The first-order valence-electron chi connectivity index (χ1n) is 8.73. The lowest BCUT2D eigenvalue weighted by molar-refractivity contribution is -0.388. The second kappa shape index (κ2) is 10.4. The lowest BCUT2D eigenvalue weighted by atomic mass is 9.95. The third kappa shape index (κ3) is 7.15. The van der Waals surface area contributed by atoms with Gasteiger partial charge in [0, 0.05) is 39.1 Å². The molecule has 0 radical (unpaired) electrons. The van der Waals surface area contributed by atoms with Crippen molar-refractivity contribution in [1.29, 1.82) is 0 Å². The number of pyridine rings is 1. The summed E-state index contributed by atoms with van der Waals surface area (Å²) < 4.78 is 50.6. The second-order valence-electron chi connectivity index (χ2n) is 6.36. The second-order valence-corrected chi connectivity index (χ2v) is 7.27. The fourth-order valence-electron chi connectivity index (χ4n) is 2.92. The monoisotopic (exact) mass is 479 g/mol. The van der Waals surface area contributed by atoms with Gasteiger partial charge in [0.25, 0.3) is 11.6 Å². The van der Waals surface area contributed by atoms with E-state index in [1.807, 2.05) is 0 Å². The minimum Gasteiger partial charge on any atom is -0.382 e. The Morgan fingerprint density at radius 2 is 1.86 bits per heavy atom. The number of halogens is 5. The molecule has 0 saturated heterocycles. The molecule has 0 spiro atoms. The van der Waals surface area contributed by atoms with Gasteiger partial charge >= 0.3 is 6.18 Å². The smallest absolute Gasteiger partial charge is 0.382 e. The summed E-state index contributed by atoms with van der Waals surface area (Å²) in [6.07, 6.45) is 1.79. The first-order chi connectivity index (χ1) is 13.7. The number of benzene rings is 1. The van der Waals surface area contributed by atoms with Crippen LogP contribution in [0.3, 0.4) is 0 Å². The average Bonchev–Trinajstić information content (AvgIpc) is 2.68. The number of nitrogens with zero attached hydrogens (tertiary/aromatic N) is 2. The summed E-state index contributed by atoms with van der Waals surface area (Å²) in [6.45, 7) is 0. The maximum atomic E-state index is 12.8. The van der Waals surface area contributed by atoms with Crippen molar-refractivity contribution in [1.82, 2.24) is 4.98 Å². The van der Waals surface area contributed by atoms with Gasteiger partial charge in [-0.15, -0.1) is 0 Å². The Morgan fingerprint density at radius 1 is 1.17 bits per heavy atom. The van der Waals surface area contributed by atoms with Gasteiger partial charge in [-0.1, -0.05) is 35.2 Å². The predicted octanol–water partition coefficient (Wildman–Crippen LogP) is 6.47. The molecule has 0 aliphatic heterocycles. The molecule has 0 unspecified atom stereocenters. The molecule has 1 fully saturated rings. The predicted molar refractivity (Wildman–Crippen MR) is 102 cm³/mol. The van der Waals surface area contributed by atoms with Gasteiger partial charge in [0.05, 0.1) is 4.92 Å². The third-order valence-electron chi connectivity index (χ3n) is 4.25. The van der Waals surface area contributed by atoms with E-state index in [0.29, 0.717) is 0 Å². The quantitative estimate of drug-likeness (QED) is 0.309. The summed E-state index contributed by atoms with van der Waals surface area (Å²) in [5, 5.41) is 13.7. The Hall–Kier alpha value is -2.43. The molecule has 2 aromatic rings. The van der Waals surface area contributed by atoms with Crippen molar-refractivity contribution in [2.75, 3.05) is 5.32 Å². The number of nitro groups is 1. The lowest BCUT2D eigenvalue weighted by Crippen LogP contribution is -2.22. The van der Waals surface area contributed by atoms with Crippen molar-refractivity contribution in [3.63, 3.8) is 0 Å². The summed E-state index contributed by atoms with van der Waals surface area (Å²) in [5.41, 5.74) is -1.83. The first-order valence-corrected chi connectivity index (χ1v) is 9.52. The van der Waals surface area contributed by atoms with E-state index >= 15 is 0 Å². The highest BCUT2D eigenvalue weighted by molar-refractivity contribution is 9.10. The maximum absolute atomic E-state index is 12.8. The van der Waals surface area contributed by atoms with Crippen LogP contribution >= 0.6 is 15.9 Å². The standard InChI is InChI=1S/C13H15F3N2O2.C5H3BrFNO/c14-13(15,16)11-8-10(6-7-12(11)18(19)20)17-9-4-2-1-3-5-9;6-4-1-2-8-5(3-4)9-7/h6-9,17H,1-5H2;1-3H. The van der Waals surface area contributed by atoms with Crippen LogP contribution < -0.4 is 10.3 Å². The Balaban J connectivity index is 0.000000278. The van der Waals surface area contributed by atoms with Crippen molar-refractivity contribution >= 4 is 27.3 Å². The largest absolute Gasteiger partial charge is 0.423 e. The molecule has 6 nitrogen and oxygen atoms in total. The normalized spacial score (nSPS) is 14.5. The molecular formula is C18H18BrF4N3O3. The van der Waals surface area contributed by atoms with Gasteiger partial charge < -0.3 is 5.32 Å². The highest BCUT2D eigenvalue weighted by Gasteiger charge is 2.38. The molecule has 1 aromatic carbocycles. The number of nitro benzene ring substituents is 1. The molecule has 0 bridgehead atoms. The van der Waals surface area contributed by atoms with Crippen molar-refractivity contribution in [3.8, 4) is 5.88 Å². The van der Waals surface area contributed by atoms with Crippen LogP contribution in [0.5, 0.6) is 5.88 Å². The summed E-state index contributed by atoms with van der Waals surface area (Å²) in [4.78, 5) is 16.5. The summed E-state index contributed by atoms with van der Waals surface area (Å²) in [5.74, 6) is -0.0376. The van der Waals surface area contributed by atoms with Gasteiger partial charge in [0.2, 0.25) is 0 Å². The Labute approximate surface area is 172 Å². The number of hydrogen-bond donors (Lipinski definition) is 1. The highest BCUT2D eigenvalue weighted by atomic mass is 79.9. The lowest BCUT2D eigenvalue weighted by Gasteiger charge is -2.24. The Kier molecular flexibility index (Phi) is 8.18. The molecule has 3 rings (SSSR count). The van der Waals surface area contributed by atoms with Gasteiger partial charge in [-0.3, -0.25) is 15.1 Å². The van der Waals surface area contributed by atoms with E-state index in [1.54, 1.807) is 6.07 Å². The van der Waals surface area contributed by atoms with E-state index in [-0.39, 0.29) is 17.6 Å². The topological polar surface area (TPSA) is 77.3 Å². The molecule has 29 heavy (non-hydrogen) atoms. The molecule has 11 heteroatoms. The summed E-state index contributed by atoms with van der Waals surface area (Å²) >= 11 is 3.12. The van der Waals surface area contributed by atoms with E-state index < -0.39 is 22.4 Å². The maximum Gasteiger partial charge on any atom is 0.423 e. The molecule has 1 N–H and O–H groups in total. The van der Waals surface area contributed by atoms with Crippen LogP contribution in [0.25, 0.3) is 0 Å². The minimum atomic E-state index is -4.73. The van der Waals surface area contributed by atoms with Crippen LogP contribution in [0, 0.1) is 10.1 Å². The fraction of sp³-hybridized carbons (Fsp3) is 0.389. The molecule has 0 amide bonds. The van der Waals surface area contributed by atoms with Crippen molar-refractivity contribution < 1.29 is 27.6 Å². The Bertz CT molecular complexity index is 830. The van der Waals surface area contributed by atoms with Gasteiger partial charge in [0.1, 0.15) is 5.56 Å². The molecule has 1 heterocycles. The zero-order valence-corrected chi connectivity index (χ0v) is 16.7. The van der Waals surface area contributed by atoms with Gasteiger partial charge in [-0.25, -0.2) is 4.98 Å². The fourth-order valence-corrected chi connectivity index (χ4v) is 3.24. The third-order valence-corrected chi connectivity index (χ3v) is 4.74. The number of aromatic nitrogens is 1. The summed E-state index contributed by atoms with van der Waals surface area (Å²) in [6, 6.07) is 6.33. The van der Waals surface area contributed by atoms with E-state index in [1.165, 1.54) is 18.3 Å². The van der Waals surface area contributed by atoms with E-state index in [4.69, 9.17) is 0 Å². The van der Waals surface area contributed by atoms with Crippen LogP contribution in [0.15, 0.2) is 41.0 Å². The van der Waals surface area contributed by atoms with Crippen molar-refractivity contribution in [2.45, 2.75) is 44.3 Å². The van der Waals surface area contributed by atoms with Gasteiger partial charge in [-0.2, -0.15) is 13.2 Å². The SMILES string of the molecule is FOc1cc(Br)ccn1.O=[N+]([O-])c1ccc(NC2CCCCC2)cc1C(F)(F)F. The molecule has 1 saturated carbocycles. The van der Waals surface area contributed by atoms with Crippen molar-refractivity contribution in [2.24, 2.45) is 0 Å². The number of anilines is 1. The number of alkyl halides is 3. The van der Waals surface area contributed by atoms with Crippen LogP contribution in [-0.2, 0) is 6.18 Å².